The van der Waals surface area contributed by atoms with Gasteiger partial charge < -0.3 is 14.2 Å². The van der Waals surface area contributed by atoms with Crippen LogP contribution < -0.4 is 19.6 Å². The van der Waals surface area contributed by atoms with Crippen LogP contribution in [0.15, 0.2) is 76.3 Å². The van der Waals surface area contributed by atoms with Crippen LogP contribution in [0.2, 0.25) is 0 Å². The Morgan fingerprint density at radius 2 is 1.80 bits per heavy atom. The molecule has 0 saturated heterocycles. The van der Waals surface area contributed by atoms with Gasteiger partial charge in [0.05, 0.1) is 23.8 Å². The molecule has 1 amide bonds. The fraction of sp³-hybridized carbons (Fsp3) is 0.125. The number of carbonyl (C=O) groups excluding carboxylic acids is 2. The molecule has 1 N–H and O–H groups in total. The lowest BCUT2D eigenvalue weighted by atomic mass is 10.2. The van der Waals surface area contributed by atoms with Gasteiger partial charge in [-0.2, -0.15) is 5.10 Å². The number of nitro groups is 1. The van der Waals surface area contributed by atoms with Gasteiger partial charge in [-0.1, -0.05) is 28.1 Å². The van der Waals surface area contributed by atoms with E-state index in [-0.39, 0.29) is 17.2 Å². The van der Waals surface area contributed by atoms with Crippen molar-refractivity contribution in [1.29, 1.82) is 0 Å². The molecule has 0 aliphatic heterocycles. The van der Waals surface area contributed by atoms with Gasteiger partial charge in [0.2, 0.25) is 0 Å². The predicted octanol–water partition coefficient (Wildman–Crippen LogP) is 4.50. The third-order valence-corrected chi connectivity index (χ3v) is 5.11. The number of rotatable bonds is 9. The van der Waals surface area contributed by atoms with E-state index >= 15 is 0 Å². The summed E-state index contributed by atoms with van der Waals surface area (Å²) in [5.41, 5.74) is 2.79. The van der Waals surface area contributed by atoms with Crippen molar-refractivity contribution in [3.05, 3.63) is 92.4 Å². The lowest BCUT2D eigenvalue weighted by Gasteiger charge is -2.13. The van der Waals surface area contributed by atoms with E-state index in [0.717, 1.165) is 0 Å². The molecule has 1 atom stereocenters. The first kappa shape index (κ1) is 25.4. The van der Waals surface area contributed by atoms with Crippen LogP contribution in [0.1, 0.15) is 22.8 Å². The fourth-order valence-electron chi connectivity index (χ4n) is 2.81. The summed E-state index contributed by atoms with van der Waals surface area (Å²) in [6.45, 7) is 1.43. The van der Waals surface area contributed by atoms with Crippen molar-refractivity contribution in [2.75, 3.05) is 7.11 Å². The van der Waals surface area contributed by atoms with Crippen molar-refractivity contribution in [2.24, 2.45) is 5.10 Å². The molecule has 0 spiro atoms. The molecule has 3 rings (SSSR count). The fourth-order valence-corrected chi connectivity index (χ4v) is 3.19. The first-order valence-corrected chi connectivity index (χ1v) is 11.0. The molecule has 0 aliphatic rings. The van der Waals surface area contributed by atoms with E-state index in [9.17, 15) is 19.7 Å². The Hall–Kier alpha value is -4.25. The van der Waals surface area contributed by atoms with E-state index < -0.39 is 22.9 Å². The molecule has 0 radical (unpaired) electrons. The van der Waals surface area contributed by atoms with Gasteiger partial charge in [0, 0.05) is 16.1 Å². The molecule has 0 fully saturated rings. The Morgan fingerprint density at radius 3 is 2.49 bits per heavy atom. The number of nitrogens with one attached hydrogen (secondary N) is 1. The number of carbonyl (C=O) groups is 2. The normalized spacial score (nSPS) is 11.5. The Balaban J connectivity index is 1.67. The number of halogens is 1. The highest BCUT2D eigenvalue weighted by atomic mass is 79.9. The number of esters is 1. The smallest absolute Gasteiger partial charge is 0.343 e. The van der Waals surface area contributed by atoms with Gasteiger partial charge in [-0.3, -0.25) is 14.9 Å². The van der Waals surface area contributed by atoms with Gasteiger partial charge >= 0.3 is 11.7 Å². The molecule has 180 valence electrons. The first-order chi connectivity index (χ1) is 16.8. The second-order valence-corrected chi connectivity index (χ2v) is 7.94. The summed E-state index contributed by atoms with van der Waals surface area (Å²) in [6, 6.07) is 17.1. The number of hydrogen-bond donors (Lipinski definition) is 1. The maximum Gasteiger partial charge on any atom is 0.343 e. The number of methoxy groups -OCH3 is 1. The summed E-state index contributed by atoms with van der Waals surface area (Å²) in [5.74, 6) is -0.430. The summed E-state index contributed by atoms with van der Waals surface area (Å²) >= 11 is 3.34. The number of hydrazone groups is 1. The second kappa shape index (κ2) is 11.7. The maximum atomic E-state index is 12.5. The molecule has 3 aromatic rings. The van der Waals surface area contributed by atoms with Crippen molar-refractivity contribution in [2.45, 2.75) is 13.0 Å². The largest absolute Gasteiger partial charge is 0.497 e. The van der Waals surface area contributed by atoms with Gasteiger partial charge in [-0.15, -0.1) is 0 Å². The van der Waals surface area contributed by atoms with Crippen LogP contribution in [-0.4, -0.2) is 36.2 Å². The number of nitrogens with zero attached hydrogens (tertiary/aromatic N) is 2. The lowest BCUT2D eigenvalue weighted by Crippen LogP contribution is -2.33. The van der Waals surface area contributed by atoms with Crippen molar-refractivity contribution < 1.29 is 28.7 Å². The molecular weight excluding hydrogens is 522 g/mol. The van der Waals surface area contributed by atoms with Gasteiger partial charge in [0.15, 0.2) is 11.9 Å². The summed E-state index contributed by atoms with van der Waals surface area (Å²) in [5, 5.41) is 15.0. The monoisotopic (exact) mass is 541 g/mol. The summed E-state index contributed by atoms with van der Waals surface area (Å²) < 4.78 is 16.7. The molecule has 35 heavy (non-hydrogen) atoms. The van der Waals surface area contributed by atoms with Crippen molar-refractivity contribution in [3.63, 3.8) is 0 Å². The highest BCUT2D eigenvalue weighted by molar-refractivity contribution is 9.10. The number of nitro benzene ring substituents is 1. The molecule has 3 aromatic carbocycles. The molecule has 0 aromatic heterocycles. The van der Waals surface area contributed by atoms with E-state index in [4.69, 9.17) is 14.2 Å². The molecule has 10 nitrogen and oxygen atoms in total. The Bertz CT molecular complexity index is 1260. The van der Waals surface area contributed by atoms with Crippen molar-refractivity contribution in [1.82, 2.24) is 5.43 Å². The first-order valence-electron chi connectivity index (χ1n) is 10.2. The van der Waals surface area contributed by atoms with E-state index in [1.807, 2.05) is 0 Å². The number of hydrogen-bond acceptors (Lipinski definition) is 8. The minimum absolute atomic E-state index is 0.0381. The van der Waals surface area contributed by atoms with E-state index in [1.165, 1.54) is 38.4 Å². The molecule has 0 bridgehead atoms. The van der Waals surface area contributed by atoms with Crippen molar-refractivity contribution in [3.8, 4) is 17.2 Å². The zero-order valence-corrected chi connectivity index (χ0v) is 20.2. The number of amides is 1. The van der Waals surface area contributed by atoms with Crippen molar-refractivity contribution >= 4 is 39.7 Å². The van der Waals surface area contributed by atoms with Crippen LogP contribution in [0.5, 0.6) is 17.2 Å². The third kappa shape index (κ3) is 6.87. The molecule has 0 saturated carbocycles. The van der Waals surface area contributed by atoms with Gasteiger partial charge in [0.1, 0.15) is 11.5 Å². The summed E-state index contributed by atoms with van der Waals surface area (Å²) in [4.78, 5) is 35.4. The molecule has 11 heteroatoms. The van der Waals surface area contributed by atoms with Gasteiger partial charge in [0.25, 0.3) is 5.91 Å². The summed E-state index contributed by atoms with van der Waals surface area (Å²) in [6.07, 6.45) is 0.236. The molecule has 0 aliphatic carbocycles. The van der Waals surface area contributed by atoms with E-state index in [2.05, 4.69) is 26.5 Å². The SMILES string of the molecule is COc1ccc(C(=O)Oc2ccc(Br)cc2/C=N/NC(=O)C(C)Oc2ccccc2[N+](=O)[O-])cc1. The van der Waals surface area contributed by atoms with Crippen LogP contribution in [0.4, 0.5) is 5.69 Å². The maximum absolute atomic E-state index is 12.5. The van der Waals surface area contributed by atoms with E-state index in [0.29, 0.717) is 21.3 Å². The minimum Gasteiger partial charge on any atom is -0.497 e. The zero-order chi connectivity index (χ0) is 25.4. The standard InChI is InChI=1S/C24H20BrN3O7/c1-15(34-22-6-4-3-5-20(22)28(31)32)23(29)27-26-14-17-13-18(25)9-12-21(17)35-24(30)16-7-10-19(33-2)11-8-16/h3-15H,1-2H3,(H,27,29)/b26-14+. The second-order valence-electron chi connectivity index (χ2n) is 7.02. The zero-order valence-electron chi connectivity index (χ0n) is 18.6. The Labute approximate surface area is 208 Å². The highest BCUT2D eigenvalue weighted by Gasteiger charge is 2.20. The van der Waals surface area contributed by atoms with E-state index in [1.54, 1.807) is 48.5 Å². The van der Waals surface area contributed by atoms with Crippen LogP contribution in [0.25, 0.3) is 0 Å². The molecule has 0 heterocycles. The average Bonchev–Trinajstić information content (AvgIpc) is 2.85. The number of para-hydroxylation sites is 2. The van der Waals surface area contributed by atoms with Crippen LogP contribution in [0, 0.1) is 10.1 Å². The molecule has 1 unspecified atom stereocenters. The van der Waals surface area contributed by atoms with Gasteiger partial charge in [-0.25, -0.2) is 10.2 Å². The quantitative estimate of drug-likeness (QED) is 0.139. The van der Waals surface area contributed by atoms with Crippen LogP contribution >= 0.6 is 15.9 Å². The number of benzene rings is 3. The predicted molar refractivity (Wildman–Crippen MR) is 131 cm³/mol. The highest BCUT2D eigenvalue weighted by Crippen LogP contribution is 2.27. The average molecular weight is 542 g/mol. The Morgan fingerprint density at radius 1 is 1.09 bits per heavy atom. The van der Waals surface area contributed by atoms with Crippen LogP contribution in [0.3, 0.4) is 0 Å². The third-order valence-electron chi connectivity index (χ3n) is 4.61. The van der Waals surface area contributed by atoms with Gasteiger partial charge in [-0.05, 0) is 55.5 Å². The minimum atomic E-state index is -1.07. The number of ether oxygens (including phenoxy) is 3. The summed E-state index contributed by atoms with van der Waals surface area (Å²) in [7, 11) is 1.53. The van der Waals surface area contributed by atoms with Crippen LogP contribution in [-0.2, 0) is 4.79 Å². The topological polar surface area (TPSA) is 129 Å². The molecular formula is C24H20BrN3O7. The lowest BCUT2D eigenvalue weighted by molar-refractivity contribution is -0.386. The Kier molecular flexibility index (Phi) is 8.52.